The highest BCUT2D eigenvalue weighted by Gasteiger charge is 2.10. The number of carbonyl (C=O) groups excluding carboxylic acids is 2. The molecule has 0 aliphatic rings. The number of hydrogen-bond donors (Lipinski definition) is 2. The summed E-state index contributed by atoms with van der Waals surface area (Å²) in [7, 11) is 1.58. The average molecular weight is 395 g/mol. The van der Waals surface area contributed by atoms with Gasteiger partial charge in [0.05, 0.1) is 12.8 Å². The third-order valence-corrected chi connectivity index (χ3v) is 4.78. The molecule has 1 aromatic heterocycles. The van der Waals surface area contributed by atoms with Crippen molar-refractivity contribution in [1.29, 1.82) is 0 Å². The molecule has 0 bridgehead atoms. The molecule has 6 nitrogen and oxygen atoms in total. The van der Waals surface area contributed by atoms with E-state index >= 15 is 0 Å². The summed E-state index contributed by atoms with van der Waals surface area (Å²) in [5.41, 5.74) is 2.96. The summed E-state index contributed by atoms with van der Waals surface area (Å²) in [6.07, 6.45) is 1.32. The molecule has 0 fully saturated rings. The summed E-state index contributed by atoms with van der Waals surface area (Å²) in [5, 5.41) is 8.07. The number of methoxy groups -OCH3 is 1. The quantitative estimate of drug-likeness (QED) is 0.602. The van der Waals surface area contributed by atoms with Crippen LogP contribution in [0.3, 0.4) is 0 Å². The molecule has 2 amide bonds. The molecule has 1 heterocycles. The van der Waals surface area contributed by atoms with Crippen molar-refractivity contribution in [2.75, 3.05) is 17.7 Å². The number of benzene rings is 2. The predicted octanol–water partition coefficient (Wildman–Crippen LogP) is 4.81. The number of hydrogen-bond acceptors (Lipinski definition) is 5. The molecule has 0 spiro atoms. The SMILES string of the molecule is CCCC(=O)Nc1ccc(-c2csc(NC(=O)c3ccc(OC)cc3)n2)cc1. The first-order chi connectivity index (χ1) is 13.6. The maximum Gasteiger partial charge on any atom is 0.257 e. The minimum atomic E-state index is -0.225. The molecule has 0 atom stereocenters. The highest BCUT2D eigenvalue weighted by Crippen LogP contribution is 2.26. The fraction of sp³-hybridized carbons (Fsp3) is 0.190. The van der Waals surface area contributed by atoms with Crippen LogP contribution in [-0.2, 0) is 4.79 Å². The molecule has 28 heavy (non-hydrogen) atoms. The molecule has 3 rings (SSSR count). The summed E-state index contributed by atoms with van der Waals surface area (Å²) in [4.78, 5) is 28.5. The van der Waals surface area contributed by atoms with E-state index in [2.05, 4.69) is 15.6 Å². The van der Waals surface area contributed by atoms with Crippen molar-refractivity contribution in [3.05, 3.63) is 59.5 Å². The highest BCUT2D eigenvalue weighted by atomic mass is 32.1. The lowest BCUT2D eigenvalue weighted by Crippen LogP contribution is -2.11. The number of nitrogens with one attached hydrogen (secondary N) is 2. The fourth-order valence-corrected chi connectivity index (χ4v) is 3.27. The van der Waals surface area contributed by atoms with Crippen molar-refractivity contribution in [3.63, 3.8) is 0 Å². The van der Waals surface area contributed by atoms with Crippen molar-refractivity contribution in [1.82, 2.24) is 4.98 Å². The zero-order valence-electron chi connectivity index (χ0n) is 15.7. The zero-order chi connectivity index (χ0) is 19.9. The number of thiazole rings is 1. The molecule has 0 saturated heterocycles. The third kappa shape index (κ3) is 4.95. The van der Waals surface area contributed by atoms with Gasteiger partial charge in [-0.1, -0.05) is 19.1 Å². The Balaban J connectivity index is 1.64. The molecule has 0 unspecified atom stereocenters. The van der Waals surface area contributed by atoms with Gasteiger partial charge in [0.1, 0.15) is 5.75 Å². The first-order valence-corrected chi connectivity index (χ1v) is 9.78. The van der Waals surface area contributed by atoms with Crippen LogP contribution in [0, 0.1) is 0 Å². The molecule has 7 heteroatoms. The van der Waals surface area contributed by atoms with Gasteiger partial charge >= 0.3 is 0 Å². The number of rotatable bonds is 7. The predicted molar refractivity (Wildman–Crippen MR) is 112 cm³/mol. The molecule has 0 saturated carbocycles. The molecule has 144 valence electrons. The van der Waals surface area contributed by atoms with Gasteiger partial charge in [-0.05, 0) is 42.8 Å². The van der Waals surface area contributed by atoms with Gasteiger partial charge in [-0.15, -0.1) is 11.3 Å². The van der Waals surface area contributed by atoms with E-state index in [9.17, 15) is 9.59 Å². The Morgan fingerprint density at radius 1 is 1.04 bits per heavy atom. The fourth-order valence-electron chi connectivity index (χ4n) is 2.55. The van der Waals surface area contributed by atoms with Crippen molar-refractivity contribution in [2.24, 2.45) is 0 Å². The van der Waals surface area contributed by atoms with E-state index in [0.29, 0.717) is 22.9 Å². The van der Waals surface area contributed by atoms with Gasteiger partial charge in [-0.3, -0.25) is 14.9 Å². The maximum atomic E-state index is 12.3. The Morgan fingerprint density at radius 3 is 2.39 bits per heavy atom. The lowest BCUT2D eigenvalue weighted by molar-refractivity contribution is -0.116. The van der Waals surface area contributed by atoms with Crippen LogP contribution >= 0.6 is 11.3 Å². The Labute approximate surface area is 167 Å². The highest BCUT2D eigenvalue weighted by molar-refractivity contribution is 7.14. The normalized spacial score (nSPS) is 10.4. The van der Waals surface area contributed by atoms with E-state index in [1.807, 2.05) is 36.6 Å². The Hall–Kier alpha value is -3.19. The topological polar surface area (TPSA) is 80.3 Å². The monoisotopic (exact) mass is 395 g/mol. The molecular weight excluding hydrogens is 374 g/mol. The van der Waals surface area contributed by atoms with Gasteiger partial charge in [0.25, 0.3) is 5.91 Å². The van der Waals surface area contributed by atoms with Crippen LogP contribution in [0.25, 0.3) is 11.3 Å². The van der Waals surface area contributed by atoms with Gasteiger partial charge in [0.2, 0.25) is 5.91 Å². The molecule has 3 aromatic rings. The van der Waals surface area contributed by atoms with E-state index in [-0.39, 0.29) is 11.8 Å². The number of anilines is 2. The summed E-state index contributed by atoms with van der Waals surface area (Å²) >= 11 is 1.36. The summed E-state index contributed by atoms with van der Waals surface area (Å²) in [6.45, 7) is 1.97. The average Bonchev–Trinajstić information content (AvgIpc) is 3.17. The number of ether oxygens (including phenoxy) is 1. The second-order valence-corrected chi connectivity index (χ2v) is 6.95. The first kappa shape index (κ1) is 19.6. The molecule has 0 aliphatic heterocycles. The van der Waals surface area contributed by atoms with Gasteiger partial charge in [-0.2, -0.15) is 0 Å². The smallest absolute Gasteiger partial charge is 0.257 e. The number of aromatic nitrogens is 1. The van der Waals surface area contributed by atoms with Crippen molar-refractivity contribution in [2.45, 2.75) is 19.8 Å². The van der Waals surface area contributed by atoms with Gasteiger partial charge in [0, 0.05) is 28.6 Å². The molecule has 0 radical (unpaired) electrons. The van der Waals surface area contributed by atoms with Crippen LogP contribution in [0.15, 0.2) is 53.9 Å². The summed E-state index contributed by atoms with van der Waals surface area (Å²) < 4.78 is 5.10. The van der Waals surface area contributed by atoms with Crippen molar-refractivity contribution >= 4 is 34.0 Å². The summed E-state index contributed by atoms with van der Waals surface area (Å²) in [6, 6.07) is 14.4. The van der Waals surface area contributed by atoms with Crippen molar-refractivity contribution in [3.8, 4) is 17.0 Å². The Bertz CT molecular complexity index is 950. The van der Waals surface area contributed by atoms with Crippen LogP contribution in [0.2, 0.25) is 0 Å². The number of carbonyl (C=O) groups is 2. The van der Waals surface area contributed by atoms with Crippen molar-refractivity contribution < 1.29 is 14.3 Å². The van der Waals surface area contributed by atoms with Crippen LogP contribution in [0.1, 0.15) is 30.1 Å². The van der Waals surface area contributed by atoms with E-state index in [0.717, 1.165) is 23.4 Å². The zero-order valence-corrected chi connectivity index (χ0v) is 16.5. The molecule has 0 aliphatic carbocycles. The van der Waals surface area contributed by atoms with Crippen LogP contribution in [0.5, 0.6) is 5.75 Å². The van der Waals surface area contributed by atoms with Gasteiger partial charge in [-0.25, -0.2) is 4.98 Å². The lowest BCUT2D eigenvalue weighted by Gasteiger charge is -2.05. The first-order valence-electron chi connectivity index (χ1n) is 8.90. The Kier molecular flexibility index (Phi) is 6.39. The van der Waals surface area contributed by atoms with Gasteiger partial charge < -0.3 is 10.1 Å². The van der Waals surface area contributed by atoms with Crippen LogP contribution in [-0.4, -0.2) is 23.9 Å². The third-order valence-electron chi connectivity index (χ3n) is 4.02. The van der Waals surface area contributed by atoms with Crippen LogP contribution in [0.4, 0.5) is 10.8 Å². The lowest BCUT2D eigenvalue weighted by atomic mass is 10.1. The second-order valence-electron chi connectivity index (χ2n) is 6.10. The standard InChI is InChI=1S/C21H21N3O3S/c1-3-4-19(25)22-16-9-5-14(6-10-16)18-13-28-21(23-18)24-20(26)15-7-11-17(27-2)12-8-15/h5-13H,3-4H2,1-2H3,(H,22,25)(H,23,24,26). The van der Waals surface area contributed by atoms with Crippen LogP contribution < -0.4 is 15.4 Å². The minimum absolute atomic E-state index is 0.00689. The van der Waals surface area contributed by atoms with Gasteiger partial charge in [0.15, 0.2) is 5.13 Å². The maximum absolute atomic E-state index is 12.3. The molecular formula is C21H21N3O3S. The van der Waals surface area contributed by atoms with E-state index < -0.39 is 0 Å². The van der Waals surface area contributed by atoms with E-state index in [4.69, 9.17) is 4.74 Å². The molecule has 2 aromatic carbocycles. The Morgan fingerprint density at radius 2 is 1.75 bits per heavy atom. The number of nitrogens with zero attached hydrogens (tertiary/aromatic N) is 1. The summed E-state index contributed by atoms with van der Waals surface area (Å²) in [5.74, 6) is 0.479. The number of amides is 2. The van der Waals surface area contributed by atoms with E-state index in [1.165, 1.54) is 11.3 Å². The largest absolute Gasteiger partial charge is 0.497 e. The van der Waals surface area contributed by atoms with E-state index in [1.54, 1.807) is 31.4 Å². The molecule has 2 N–H and O–H groups in total. The minimum Gasteiger partial charge on any atom is -0.497 e. The second kappa shape index (κ2) is 9.14.